The van der Waals surface area contributed by atoms with Gasteiger partial charge in [-0.05, 0) is 36.6 Å². The molecule has 140 valence electrons. The number of nitrogens with zero attached hydrogens (tertiary/aromatic N) is 3. The summed E-state index contributed by atoms with van der Waals surface area (Å²) in [7, 11) is 0. The maximum atomic E-state index is 12.9. The second-order valence-corrected chi connectivity index (χ2v) is 7.12. The lowest BCUT2D eigenvalue weighted by molar-refractivity contribution is -0.137. The van der Waals surface area contributed by atoms with Crippen LogP contribution < -0.4 is 0 Å². The molecule has 2 heterocycles. The Morgan fingerprint density at radius 1 is 1.22 bits per heavy atom. The van der Waals surface area contributed by atoms with Crippen LogP contribution in [0.4, 0.5) is 13.2 Å². The van der Waals surface area contributed by atoms with Crippen LogP contribution in [0.2, 0.25) is 0 Å². The second-order valence-electron chi connectivity index (χ2n) is 5.11. The zero-order chi connectivity index (χ0) is 19.4. The molecule has 3 rings (SSSR count). The first kappa shape index (κ1) is 19.3. The van der Waals surface area contributed by atoms with Gasteiger partial charge in [0.1, 0.15) is 5.03 Å². The van der Waals surface area contributed by atoms with Gasteiger partial charge in [-0.25, -0.2) is 9.78 Å². The number of esters is 1. The van der Waals surface area contributed by atoms with E-state index in [1.807, 2.05) is 11.4 Å². The number of rotatable bonds is 5. The highest BCUT2D eigenvalue weighted by atomic mass is 32.2. The van der Waals surface area contributed by atoms with Crippen LogP contribution in [-0.2, 0) is 10.9 Å². The van der Waals surface area contributed by atoms with E-state index < -0.39 is 17.7 Å². The van der Waals surface area contributed by atoms with Gasteiger partial charge in [0.15, 0.2) is 5.82 Å². The molecule has 0 aliphatic heterocycles. The molecule has 0 aliphatic carbocycles. The van der Waals surface area contributed by atoms with Crippen LogP contribution in [0.5, 0.6) is 0 Å². The van der Waals surface area contributed by atoms with Gasteiger partial charge in [0.25, 0.3) is 0 Å². The number of hydrogen-bond acceptors (Lipinski definition) is 7. The Labute approximate surface area is 160 Å². The Bertz CT molecular complexity index is 947. The summed E-state index contributed by atoms with van der Waals surface area (Å²) in [5.74, 6) is -0.447. The number of carbonyl (C=O) groups is 1. The first-order valence-corrected chi connectivity index (χ1v) is 9.39. The van der Waals surface area contributed by atoms with Crippen LogP contribution in [0.15, 0.2) is 51.7 Å². The third kappa shape index (κ3) is 4.64. The smallest absolute Gasteiger partial charge is 0.416 e. The van der Waals surface area contributed by atoms with Gasteiger partial charge in [-0.2, -0.15) is 13.2 Å². The largest absolute Gasteiger partial charge is 0.461 e. The predicted octanol–water partition coefficient (Wildman–Crippen LogP) is 4.95. The van der Waals surface area contributed by atoms with Crippen molar-refractivity contribution in [3.63, 3.8) is 0 Å². The minimum atomic E-state index is -4.47. The highest BCUT2D eigenvalue weighted by Crippen LogP contribution is 2.35. The molecule has 1 aromatic carbocycles. The molecule has 10 heteroatoms. The Balaban J connectivity index is 2.01. The highest BCUT2D eigenvalue weighted by molar-refractivity contribution is 7.99. The van der Waals surface area contributed by atoms with Gasteiger partial charge in [0, 0.05) is 4.90 Å². The molecule has 0 amide bonds. The highest BCUT2D eigenvalue weighted by Gasteiger charge is 2.30. The fraction of sp³-hybridized carbons (Fsp3) is 0.176. The van der Waals surface area contributed by atoms with Crippen molar-refractivity contribution < 1.29 is 22.7 Å². The fourth-order valence-corrected chi connectivity index (χ4v) is 3.63. The fourth-order valence-electron chi connectivity index (χ4n) is 2.07. The van der Waals surface area contributed by atoms with Crippen molar-refractivity contribution in [3.05, 3.63) is 53.0 Å². The Hall–Kier alpha value is -2.46. The minimum absolute atomic E-state index is 0.126. The molecule has 0 N–H and O–H groups in total. The molecule has 3 aromatic rings. The molecule has 2 aromatic heterocycles. The molecule has 0 radical (unpaired) electrons. The first-order valence-electron chi connectivity index (χ1n) is 7.69. The molecule has 0 bridgehead atoms. The van der Waals surface area contributed by atoms with Gasteiger partial charge in [-0.1, -0.05) is 23.9 Å². The third-order valence-electron chi connectivity index (χ3n) is 3.24. The molecule has 0 aliphatic rings. The van der Waals surface area contributed by atoms with Crippen molar-refractivity contribution in [2.75, 3.05) is 6.61 Å². The van der Waals surface area contributed by atoms with E-state index in [2.05, 4.69) is 15.2 Å². The summed E-state index contributed by atoms with van der Waals surface area (Å²) in [5.41, 5.74) is -0.926. The summed E-state index contributed by atoms with van der Waals surface area (Å²) >= 11 is 2.28. The average Bonchev–Trinajstić information content (AvgIpc) is 3.16. The first-order chi connectivity index (χ1) is 12.9. The summed E-state index contributed by atoms with van der Waals surface area (Å²) in [6, 6.07) is 8.36. The van der Waals surface area contributed by atoms with E-state index in [1.54, 1.807) is 13.0 Å². The molecule has 0 atom stereocenters. The Morgan fingerprint density at radius 2 is 2.04 bits per heavy atom. The Morgan fingerprint density at radius 3 is 2.70 bits per heavy atom. The van der Waals surface area contributed by atoms with Crippen LogP contribution in [0, 0.1) is 0 Å². The lowest BCUT2D eigenvalue weighted by Gasteiger charge is -2.10. The average molecular weight is 411 g/mol. The van der Waals surface area contributed by atoms with E-state index in [-0.39, 0.29) is 28.0 Å². The standard InChI is InChI=1S/C17H12F3N3O2S2/c1-2-25-16(24)13-15(21-14(23-22-13)12-7-4-8-26-12)27-11-6-3-5-10(9-11)17(18,19)20/h3-9H,2H2,1H3. The van der Waals surface area contributed by atoms with Crippen molar-refractivity contribution in [2.24, 2.45) is 0 Å². The second kappa shape index (κ2) is 8.05. The molecular formula is C17H12F3N3O2S2. The van der Waals surface area contributed by atoms with E-state index in [9.17, 15) is 18.0 Å². The normalized spacial score (nSPS) is 11.4. The van der Waals surface area contributed by atoms with E-state index in [4.69, 9.17) is 4.74 Å². The summed E-state index contributed by atoms with van der Waals surface area (Å²) in [6.07, 6.45) is -4.47. The van der Waals surface area contributed by atoms with E-state index >= 15 is 0 Å². The number of carbonyl (C=O) groups excluding carboxylic acids is 1. The zero-order valence-corrected chi connectivity index (χ0v) is 15.5. The number of hydrogen-bond donors (Lipinski definition) is 0. The minimum Gasteiger partial charge on any atom is -0.461 e. The summed E-state index contributed by atoms with van der Waals surface area (Å²) < 4.78 is 43.8. The molecule has 0 saturated heterocycles. The lowest BCUT2D eigenvalue weighted by Crippen LogP contribution is -2.12. The van der Waals surface area contributed by atoms with Gasteiger partial charge in [0.2, 0.25) is 5.69 Å². The molecule has 0 spiro atoms. The summed E-state index contributed by atoms with van der Waals surface area (Å²) in [5, 5.41) is 9.80. The van der Waals surface area contributed by atoms with Crippen molar-refractivity contribution >= 4 is 29.1 Å². The topological polar surface area (TPSA) is 65.0 Å². The van der Waals surface area contributed by atoms with Crippen LogP contribution in [0.3, 0.4) is 0 Å². The quantitative estimate of drug-likeness (QED) is 0.554. The van der Waals surface area contributed by atoms with E-state index in [0.717, 1.165) is 28.8 Å². The van der Waals surface area contributed by atoms with Crippen molar-refractivity contribution in [1.29, 1.82) is 0 Å². The van der Waals surface area contributed by atoms with Crippen molar-refractivity contribution in [2.45, 2.75) is 23.0 Å². The maximum Gasteiger partial charge on any atom is 0.416 e. The van der Waals surface area contributed by atoms with Crippen LogP contribution in [0.1, 0.15) is 23.0 Å². The number of ether oxygens (including phenoxy) is 1. The summed E-state index contributed by atoms with van der Waals surface area (Å²) in [6.45, 7) is 1.76. The zero-order valence-electron chi connectivity index (χ0n) is 13.9. The maximum absolute atomic E-state index is 12.9. The van der Waals surface area contributed by atoms with Crippen molar-refractivity contribution in [3.8, 4) is 10.7 Å². The number of thiophene rings is 1. The number of halogens is 3. The molecule has 0 unspecified atom stereocenters. The molecule has 0 saturated carbocycles. The summed E-state index contributed by atoms with van der Waals surface area (Å²) in [4.78, 5) is 17.4. The van der Waals surface area contributed by atoms with Crippen LogP contribution >= 0.6 is 23.1 Å². The number of aromatic nitrogens is 3. The molecule has 5 nitrogen and oxygen atoms in total. The van der Waals surface area contributed by atoms with Gasteiger partial charge >= 0.3 is 12.1 Å². The Kier molecular flexibility index (Phi) is 5.76. The van der Waals surface area contributed by atoms with Gasteiger partial charge in [0.05, 0.1) is 17.0 Å². The monoisotopic (exact) mass is 411 g/mol. The molecular weight excluding hydrogens is 399 g/mol. The van der Waals surface area contributed by atoms with Crippen molar-refractivity contribution in [1.82, 2.24) is 15.2 Å². The predicted molar refractivity (Wildman–Crippen MR) is 94.7 cm³/mol. The van der Waals surface area contributed by atoms with Crippen LogP contribution in [-0.4, -0.2) is 27.8 Å². The van der Waals surface area contributed by atoms with Crippen LogP contribution in [0.25, 0.3) is 10.7 Å². The van der Waals surface area contributed by atoms with Gasteiger partial charge in [-0.15, -0.1) is 21.5 Å². The molecule has 27 heavy (non-hydrogen) atoms. The number of benzene rings is 1. The number of alkyl halides is 3. The SMILES string of the molecule is CCOC(=O)c1nnc(-c2cccs2)nc1Sc1cccc(C(F)(F)F)c1. The van der Waals surface area contributed by atoms with E-state index in [1.165, 1.54) is 23.5 Å². The molecule has 0 fully saturated rings. The lowest BCUT2D eigenvalue weighted by atomic mass is 10.2. The van der Waals surface area contributed by atoms with Gasteiger partial charge < -0.3 is 4.74 Å². The van der Waals surface area contributed by atoms with Gasteiger partial charge in [-0.3, -0.25) is 0 Å². The van der Waals surface area contributed by atoms with E-state index in [0.29, 0.717) is 0 Å². The third-order valence-corrected chi connectivity index (χ3v) is 5.07.